The van der Waals surface area contributed by atoms with Crippen molar-refractivity contribution in [3.05, 3.63) is 59.7 Å². The molecule has 106 valence electrons. The van der Waals surface area contributed by atoms with Gasteiger partial charge in [0.25, 0.3) is 0 Å². The summed E-state index contributed by atoms with van der Waals surface area (Å²) in [6, 6.07) is 15.0. The molecule has 3 nitrogen and oxygen atoms in total. The number of hydrogen-bond donors (Lipinski definition) is 1. The first-order chi connectivity index (χ1) is 9.49. The van der Waals surface area contributed by atoms with E-state index in [1.165, 1.54) is 0 Å². The van der Waals surface area contributed by atoms with Gasteiger partial charge in [0.2, 0.25) is 0 Å². The van der Waals surface area contributed by atoms with Crippen molar-refractivity contribution in [3.8, 4) is 0 Å². The summed E-state index contributed by atoms with van der Waals surface area (Å²) in [4.78, 5) is 0.255. The number of sulfone groups is 1. The standard InChI is InChI=1S/C16H19NO2S/c1-13-9-10-15(17)16(12-13)20(18,19)11-5-8-14-6-3-2-4-7-14/h2-4,6-7,9-10,12H,5,8,11,17H2,1H3. The van der Waals surface area contributed by atoms with E-state index in [1.807, 2.05) is 43.3 Å². The van der Waals surface area contributed by atoms with Crippen LogP contribution < -0.4 is 5.73 Å². The zero-order valence-electron chi connectivity index (χ0n) is 11.5. The van der Waals surface area contributed by atoms with Crippen LogP contribution in [-0.4, -0.2) is 14.2 Å². The van der Waals surface area contributed by atoms with Crippen LogP contribution in [0.4, 0.5) is 5.69 Å². The Hall–Kier alpha value is -1.81. The fourth-order valence-electron chi connectivity index (χ4n) is 2.13. The average Bonchev–Trinajstić information content (AvgIpc) is 2.42. The van der Waals surface area contributed by atoms with Gasteiger partial charge in [-0.25, -0.2) is 8.42 Å². The molecule has 0 aliphatic carbocycles. The normalized spacial score (nSPS) is 11.4. The van der Waals surface area contributed by atoms with E-state index in [4.69, 9.17) is 5.73 Å². The summed E-state index contributed by atoms with van der Waals surface area (Å²) in [6.07, 6.45) is 1.35. The van der Waals surface area contributed by atoms with Gasteiger partial charge in [0, 0.05) is 0 Å². The minimum Gasteiger partial charge on any atom is -0.398 e. The molecule has 0 saturated carbocycles. The third kappa shape index (κ3) is 3.61. The third-order valence-corrected chi connectivity index (χ3v) is 5.08. The van der Waals surface area contributed by atoms with E-state index in [0.29, 0.717) is 12.1 Å². The van der Waals surface area contributed by atoms with Crippen LogP contribution in [0.2, 0.25) is 0 Å². The predicted molar refractivity (Wildman–Crippen MR) is 82.4 cm³/mol. The zero-order chi connectivity index (χ0) is 14.6. The van der Waals surface area contributed by atoms with Gasteiger partial charge >= 0.3 is 0 Å². The molecule has 0 amide bonds. The lowest BCUT2D eigenvalue weighted by molar-refractivity contribution is 0.593. The van der Waals surface area contributed by atoms with Gasteiger partial charge in [-0.05, 0) is 43.0 Å². The zero-order valence-corrected chi connectivity index (χ0v) is 12.4. The highest BCUT2D eigenvalue weighted by Crippen LogP contribution is 2.21. The number of hydrogen-bond acceptors (Lipinski definition) is 3. The molecule has 2 aromatic carbocycles. The maximum absolute atomic E-state index is 12.3. The van der Waals surface area contributed by atoms with Gasteiger partial charge in [-0.1, -0.05) is 36.4 Å². The van der Waals surface area contributed by atoms with E-state index in [0.717, 1.165) is 17.5 Å². The lowest BCUT2D eigenvalue weighted by Gasteiger charge is -2.08. The fourth-order valence-corrected chi connectivity index (χ4v) is 3.67. The largest absolute Gasteiger partial charge is 0.398 e. The molecule has 0 radical (unpaired) electrons. The highest BCUT2D eigenvalue weighted by Gasteiger charge is 2.17. The minimum atomic E-state index is -3.31. The average molecular weight is 289 g/mol. The molecule has 0 spiro atoms. The molecule has 4 heteroatoms. The van der Waals surface area contributed by atoms with Crippen molar-refractivity contribution < 1.29 is 8.42 Å². The quantitative estimate of drug-likeness (QED) is 0.861. The molecule has 0 fully saturated rings. The molecule has 0 aliphatic heterocycles. The molecule has 0 heterocycles. The highest BCUT2D eigenvalue weighted by atomic mass is 32.2. The van der Waals surface area contributed by atoms with Crippen molar-refractivity contribution in [2.24, 2.45) is 0 Å². The molecule has 0 bridgehead atoms. The van der Waals surface area contributed by atoms with Gasteiger partial charge in [0.1, 0.15) is 0 Å². The molecule has 20 heavy (non-hydrogen) atoms. The molecule has 2 N–H and O–H groups in total. The Balaban J connectivity index is 2.06. The highest BCUT2D eigenvalue weighted by molar-refractivity contribution is 7.91. The summed E-state index contributed by atoms with van der Waals surface area (Å²) in [7, 11) is -3.31. The van der Waals surface area contributed by atoms with Crippen LogP contribution in [0.25, 0.3) is 0 Å². The number of benzene rings is 2. The van der Waals surface area contributed by atoms with E-state index in [9.17, 15) is 8.42 Å². The Labute approximate surface area is 120 Å². The Morgan fingerprint density at radius 1 is 1.05 bits per heavy atom. The lowest BCUT2D eigenvalue weighted by Crippen LogP contribution is -2.10. The van der Waals surface area contributed by atoms with Crippen molar-refractivity contribution in [1.82, 2.24) is 0 Å². The van der Waals surface area contributed by atoms with Crippen molar-refractivity contribution in [2.45, 2.75) is 24.7 Å². The van der Waals surface area contributed by atoms with Gasteiger partial charge in [-0.2, -0.15) is 0 Å². The summed E-state index contributed by atoms with van der Waals surface area (Å²) in [5, 5.41) is 0. The molecule has 0 atom stereocenters. The van der Waals surface area contributed by atoms with Gasteiger partial charge in [-0.15, -0.1) is 0 Å². The van der Waals surface area contributed by atoms with Gasteiger partial charge in [-0.3, -0.25) is 0 Å². The van der Waals surface area contributed by atoms with E-state index in [1.54, 1.807) is 12.1 Å². The topological polar surface area (TPSA) is 60.2 Å². The second kappa shape index (κ2) is 6.09. The number of anilines is 1. The molecular formula is C16H19NO2S. The second-order valence-electron chi connectivity index (χ2n) is 4.95. The van der Waals surface area contributed by atoms with Crippen LogP contribution in [0.15, 0.2) is 53.4 Å². The molecule has 0 aliphatic rings. The minimum absolute atomic E-state index is 0.121. The molecule has 2 rings (SSSR count). The number of nitrogens with two attached hydrogens (primary N) is 1. The van der Waals surface area contributed by atoms with Gasteiger partial charge in [0.15, 0.2) is 9.84 Å². The molecule has 2 aromatic rings. The van der Waals surface area contributed by atoms with E-state index >= 15 is 0 Å². The Bertz CT molecular complexity index is 679. The monoisotopic (exact) mass is 289 g/mol. The number of rotatable bonds is 5. The first-order valence-corrected chi connectivity index (χ1v) is 8.27. The van der Waals surface area contributed by atoms with Crippen LogP contribution in [-0.2, 0) is 16.3 Å². The van der Waals surface area contributed by atoms with Crippen LogP contribution >= 0.6 is 0 Å². The summed E-state index contributed by atoms with van der Waals surface area (Å²) >= 11 is 0. The van der Waals surface area contributed by atoms with E-state index < -0.39 is 9.84 Å². The molecule has 0 saturated heterocycles. The summed E-state index contributed by atoms with van der Waals surface area (Å²) in [5.74, 6) is 0.121. The molecule has 0 unspecified atom stereocenters. The van der Waals surface area contributed by atoms with Crippen molar-refractivity contribution in [3.63, 3.8) is 0 Å². The Morgan fingerprint density at radius 2 is 1.75 bits per heavy atom. The lowest BCUT2D eigenvalue weighted by atomic mass is 10.1. The third-order valence-electron chi connectivity index (χ3n) is 3.23. The smallest absolute Gasteiger partial charge is 0.180 e. The van der Waals surface area contributed by atoms with Crippen molar-refractivity contribution >= 4 is 15.5 Å². The van der Waals surface area contributed by atoms with Crippen LogP contribution in [0, 0.1) is 6.92 Å². The molecular weight excluding hydrogens is 270 g/mol. The van der Waals surface area contributed by atoms with Crippen LogP contribution in [0.5, 0.6) is 0 Å². The maximum atomic E-state index is 12.3. The fraction of sp³-hybridized carbons (Fsp3) is 0.250. The SMILES string of the molecule is Cc1ccc(N)c(S(=O)(=O)CCCc2ccccc2)c1. The summed E-state index contributed by atoms with van der Waals surface area (Å²) in [6.45, 7) is 1.86. The number of aryl methyl sites for hydroxylation is 2. The summed E-state index contributed by atoms with van der Waals surface area (Å²) < 4.78 is 24.6. The Morgan fingerprint density at radius 3 is 2.45 bits per heavy atom. The first-order valence-electron chi connectivity index (χ1n) is 6.62. The van der Waals surface area contributed by atoms with Gasteiger partial charge in [0.05, 0.1) is 16.3 Å². The van der Waals surface area contributed by atoms with E-state index in [2.05, 4.69) is 0 Å². The first kappa shape index (κ1) is 14.6. The van der Waals surface area contributed by atoms with Crippen molar-refractivity contribution in [2.75, 3.05) is 11.5 Å². The van der Waals surface area contributed by atoms with Crippen LogP contribution in [0.3, 0.4) is 0 Å². The molecule has 0 aromatic heterocycles. The van der Waals surface area contributed by atoms with Crippen molar-refractivity contribution in [1.29, 1.82) is 0 Å². The van der Waals surface area contributed by atoms with E-state index in [-0.39, 0.29) is 10.6 Å². The number of nitrogen functional groups attached to an aromatic ring is 1. The second-order valence-corrected chi connectivity index (χ2v) is 7.03. The predicted octanol–water partition coefficient (Wildman–Crippen LogP) is 2.98. The van der Waals surface area contributed by atoms with Crippen LogP contribution in [0.1, 0.15) is 17.5 Å². The Kier molecular flexibility index (Phi) is 4.45. The maximum Gasteiger partial charge on any atom is 0.180 e. The summed E-state index contributed by atoms with van der Waals surface area (Å²) in [5.41, 5.74) is 8.16. The van der Waals surface area contributed by atoms with Gasteiger partial charge < -0.3 is 5.73 Å².